The first-order valence-electron chi connectivity index (χ1n) is 11.0. The molecule has 0 aliphatic rings. The van der Waals surface area contributed by atoms with Crippen molar-refractivity contribution in [2.24, 2.45) is 0 Å². The number of rotatable bonds is 10. The molecule has 0 saturated heterocycles. The Labute approximate surface area is 190 Å². The first-order valence-corrected chi connectivity index (χ1v) is 11.0. The van der Waals surface area contributed by atoms with Gasteiger partial charge in [0.1, 0.15) is 18.0 Å². The number of ether oxygens (including phenoxy) is 1. The fourth-order valence-corrected chi connectivity index (χ4v) is 3.83. The van der Waals surface area contributed by atoms with Gasteiger partial charge >= 0.3 is 0 Å². The van der Waals surface area contributed by atoms with Crippen LogP contribution in [-0.2, 0) is 18.8 Å². The second-order valence-electron chi connectivity index (χ2n) is 7.94. The molecule has 4 aromatic carbocycles. The summed E-state index contributed by atoms with van der Waals surface area (Å²) in [6.45, 7) is 1.98. The molecule has 0 bridgehead atoms. The van der Waals surface area contributed by atoms with Crippen LogP contribution in [0.5, 0.6) is 5.75 Å². The molecule has 0 aromatic heterocycles. The van der Waals surface area contributed by atoms with Crippen LogP contribution in [0.3, 0.4) is 0 Å². The van der Waals surface area contributed by atoms with E-state index in [0.717, 1.165) is 29.0 Å². The predicted octanol–water partition coefficient (Wildman–Crippen LogP) is 5.68. The number of nitrogens with one attached hydrogen (secondary N) is 1. The van der Waals surface area contributed by atoms with E-state index in [9.17, 15) is 5.11 Å². The summed E-state index contributed by atoms with van der Waals surface area (Å²) in [6, 6.07) is 38.1. The molecule has 0 aliphatic heterocycles. The summed E-state index contributed by atoms with van der Waals surface area (Å²) in [5.41, 5.74) is 3.03. The predicted molar refractivity (Wildman–Crippen MR) is 129 cm³/mol. The van der Waals surface area contributed by atoms with Crippen LogP contribution in [0.1, 0.15) is 28.7 Å². The zero-order valence-corrected chi connectivity index (χ0v) is 18.2. The molecule has 0 spiro atoms. The van der Waals surface area contributed by atoms with Crippen molar-refractivity contribution in [3.63, 3.8) is 0 Å². The molecule has 3 nitrogen and oxygen atoms in total. The molecule has 1 atom stereocenters. The molecule has 1 unspecified atom stereocenters. The monoisotopic (exact) mass is 423 g/mol. The molecule has 0 aliphatic carbocycles. The summed E-state index contributed by atoms with van der Waals surface area (Å²) < 4.78 is 5.92. The van der Waals surface area contributed by atoms with Gasteiger partial charge in [-0.05, 0) is 47.4 Å². The summed E-state index contributed by atoms with van der Waals surface area (Å²) in [5.74, 6) is 0.787. The first kappa shape index (κ1) is 21.8. The van der Waals surface area contributed by atoms with Gasteiger partial charge in [-0.3, -0.25) is 0 Å². The molecule has 32 heavy (non-hydrogen) atoms. The minimum absolute atomic E-state index is 0.520. The van der Waals surface area contributed by atoms with Gasteiger partial charge in [0.05, 0.1) is 0 Å². The van der Waals surface area contributed by atoms with Crippen molar-refractivity contribution in [2.75, 3.05) is 6.54 Å². The van der Waals surface area contributed by atoms with Crippen LogP contribution < -0.4 is 10.1 Å². The first-order chi connectivity index (χ1) is 15.7. The second-order valence-corrected chi connectivity index (χ2v) is 7.94. The third-order valence-corrected chi connectivity index (χ3v) is 5.67. The van der Waals surface area contributed by atoms with E-state index in [1.165, 1.54) is 5.56 Å². The molecule has 2 N–H and O–H groups in total. The number of hydrogen-bond donors (Lipinski definition) is 2. The fraction of sp³-hybridized carbons (Fsp3) is 0.172. The van der Waals surface area contributed by atoms with Crippen LogP contribution >= 0.6 is 0 Å². The highest BCUT2D eigenvalue weighted by Crippen LogP contribution is 2.33. The van der Waals surface area contributed by atoms with Gasteiger partial charge in [0.15, 0.2) is 0 Å². The molecular formula is C29H29NO2. The number of benzene rings is 4. The van der Waals surface area contributed by atoms with E-state index in [1.54, 1.807) is 0 Å². The lowest BCUT2D eigenvalue weighted by molar-refractivity contribution is 0.0709. The highest BCUT2D eigenvalue weighted by molar-refractivity contribution is 5.39. The Morgan fingerprint density at radius 2 is 1.16 bits per heavy atom. The minimum Gasteiger partial charge on any atom is -0.489 e. The summed E-state index contributed by atoms with van der Waals surface area (Å²) in [4.78, 5) is 0. The van der Waals surface area contributed by atoms with Crippen molar-refractivity contribution >= 4 is 0 Å². The van der Waals surface area contributed by atoms with Crippen LogP contribution in [0.25, 0.3) is 0 Å². The van der Waals surface area contributed by atoms with Crippen molar-refractivity contribution in [2.45, 2.75) is 25.2 Å². The largest absolute Gasteiger partial charge is 0.489 e. The number of hydrogen-bond acceptors (Lipinski definition) is 3. The Morgan fingerprint density at radius 1 is 0.625 bits per heavy atom. The van der Waals surface area contributed by atoms with Crippen molar-refractivity contribution in [1.29, 1.82) is 0 Å². The lowest BCUT2D eigenvalue weighted by Gasteiger charge is -2.30. The van der Waals surface area contributed by atoms with E-state index in [1.807, 2.05) is 103 Å². The van der Waals surface area contributed by atoms with E-state index in [-0.39, 0.29) is 0 Å². The van der Waals surface area contributed by atoms with Crippen LogP contribution in [0.15, 0.2) is 115 Å². The molecule has 3 heteroatoms. The van der Waals surface area contributed by atoms with Gasteiger partial charge < -0.3 is 15.2 Å². The topological polar surface area (TPSA) is 41.5 Å². The van der Waals surface area contributed by atoms with Crippen LogP contribution in [0.2, 0.25) is 0 Å². The summed E-state index contributed by atoms with van der Waals surface area (Å²) in [5, 5.41) is 15.2. The zero-order valence-electron chi connectivity index (χ0n) is 18.2. The maximum Gasteiger partial charge on any atom is 0.119 e. The molecule has 4 aromatic rings. The zero-order chi connectivity index (χ0) is 22.1. The van der Waals surface area contributed by atoms with Crippen LogP contribution in [0, 0.1) is 0 Å². The maximum absolute atomic E-state index is 11.8. The van der Waals surface area contributed by atoms with Gasteiger partial charge in [-0.25, -0.2) is 0 Å². The average Bonchev–Trinajstić information content (AvgIpc) is 2.87. The molecule has 4 rings (SSSR count). The molecule has 0 saturated carbocycles. The second kappa shape index (κ2) is 10.8. The van der Waals surface area contributed by atoms with Crippen LogP contribution in [-0.4, -0.2) is 11.7 Å². The number of aliphatic hydroxyl groups is 1. The molecule has 0 fully saturated rings. The van der Waals surface area contributed by atoms with Crippen molar-refractivity contribution < 1.29 is 9.84 Å². The standard InChI is InChI=1S/C29H29NO2/c31-29(26-14-8-3-9-15-26,20-21-30-22-24-10-4-1-5-11-24)27-16-18-28(19-17-27)32-23-25-12-6-2-7-13-25/h1-19,30-31H,20-23H2. The van der Waals surface area contributed by atoms with Crippen LogP contribution in [0.4, 0.5) is 0 Å². The average molecular weight is 424 g/mol. The minimum atomic E-state index is -1.08. The van der Waals surface area contributed by atoms with E-state index in [4.69, 9.17) is 4.74 Å². The molecule has 0 heterocycles. The molecule has 0 amide bonds. The lowest BCUT2D eigenvalue weighted by Crippen LogP contribution is -2.32. The van der Waals surface area contributed by atoms with Crippen molar-refractivity contribution in [1.82, 2.24) is 5.32 Å². The highest BCUT2D eigenvalue weighted by atomic mass is 16.5. The highest BCUT2D eigenvalue weighted by Gasteiger charge is 2.31. The van der Waals surface area contributed by atoms with E-state index >= 15 is 0 Å². The van der Waals surface area contributed by atoms with E-state index in [0.29, 0.717) is 19.6 Å². The van der Waals surface area contributed by atoms with Gasteiger partial charge in [0, 0.05) is 6.54 Å². The van der Waals surface area contributed by atoms with Gasteiger partial charge in [0.25, 0.3) is 0 Å². The maximum atomic E-state index is 11.8. The summed E-state index contributed by atoms with van der Waals surface area (Å²) in [6.07, 6.45) is 0.564. The fourth-order valence-electron chi connectivity index (χ4n) is 3.83. The molecular weight excluding hydrogens is 394 g/mol. The van der Waals surface area contributed by atoms with Gasteiger partial charge in [-0.2, -0.15) is 0 Å². The Bertz CT molecular complexity index is 1070. The Balaban J connectivity index is 1.44. The van der Waals surface area contributed by atoms with Crippen molar-refractivity contribution in [3.05, 3.63) is 138 Å². The third-order valence-electron chi connectivity index (χ3n) is 5.67. The normalized spacial score (nSPS) is 12.8. The molecule has 0 radical (unpaired) electrons. The van der Waals surface area contributed by atoms with E-state index in [2.05, 4.69) is 17.4 Å². The van der Waals surface area contributed by atoms with Crippen molar-refractivity contribution in [3.8, 4) is 5.75 Å². The summed E-state index contributed by atoms with van der Waals surface area (Å²) >= 11 is 0. The lowest BCUT2D eigenvalue weighted by atomic mass is 9.83. The quantitative estimate of drug-likeness (QED) is 0.322. The Morgan fingerprint density at radius 3 is 1.78 bits per heavy atom. The van der Waals surface area contributed by atoms with Gasteiger partial charge in [-0.15, -0.1) is 0 Å². The third kappa shape index (κ3) is 5.64. The SMILES string of the molecule is OC(CCNCc1ccccc1)(c1ccccc1)c1ccc(OCc2ccccc2)cc1. The Hall–Kier alpha value is -3.40. The Kier molecular flexibility index (Phi) is 7.34. The molecule has 162 valence electrons. The summed E-state index contributed by atoms with van der Waals surface area (Å²) in [7, 11) is 0. The smallest absolute Gasteiger partial charge is 0.119 e. The van der Waals surface area contributed by atoms with Gasteiger partial charge in [0.2, 0.25) is 0 Å². The van der Waals surface area contributed by atoms with E-state index < -0.39 is 5.60 Å². The van der Waals surface area contributed by atoms with Gasteiger partial charge in [-0.1, -0.05) is 103 Å².